The molecule has 0 atom stereocenters. The van der Waals surface area contributed by atoms with Crippen LogP contribution in [0.2, 0.25) is 5.02 Å². The maximum absolute atomic E-state index is 12.1. The van der Waals surface area contributed by atoms with Crippen molar-refractivity contribution in [3.63, 3.8) is 0 Å². The molecule has 7 heteroatoms. The SMILES string of the molecule is O=C1NC(=O)/C(=C/c2cccc(OC(=O)c3ccccc3)c2Cl)S1. The van der Waals surface area contributed by atoms with Crippen LogP contribution in [-0.4, -0.2) is 17.1 Å². The van der Waals surface area contributed by atoms with Crippen LogP contribution in [0, 0.1) is 0 Å². The Labute approximate surface area is 146 Å². The number of thioether (sulfide) groups is 1. The highest BCUT2D eigenvalue weighted by atomic mass is 35.5. The number of carbonyl (C=O) groups excluding carboxylic acids is 3. The Bertz CT molecular complexity index is 864. The van der Waals surface area contributed by atoms with Crippen LogP contribution in [0.15, 0.2) is 53.4 Å². The van der Waals surface area contributed by atoms with Gasteiger partial charge in [0, 0.05) is 0 Å². The van der Waals surface area contributed by atoms with E-state index in [2.05, 4.69) is 5.32 Å². The molecular weight excluding hydrogens is 350 g/mol. The molecule has 1 aliphatic rings. The van der Waals surface area contributed by atoms with Gasteiger partial charge in [0.2, 0.25) is 0 Å². The first kappa shape index (κ1) is 16.3. The molecule has 0 spiro atoms. The van der Waals surface area contributed by atoms with E-state index in [9.17, 15) is 14.4 Å². The number of rotatable bonds is 3. The highest BCUT2D eigenvalue weighted by molar-refractivity contribution is 8.18. The molecule has 1 saturated heterocycles. The van der Waals surface area contributed by atoms with Gasteiger partial charge in [0.15, 0.2) is 0 Å². The van der Waals surface area contributed by atoms with Crippen molar-refractivity contribution >= 4 is 46.6 Å². The van der Waals surface area contributed by atoms with Crippen LogP contribution in [0.25, 0.3) is 6.08 Å². The third-order valence-corrected chi connectivity index (χ3v) is 4.35. The summed E-state index contributed by atoms with van der Waals surface area (Å²) in [5, 5.41) is 1.91. The molecule has 0 aliphatic carbocycles. The number of hydrogen-bond donors (Lipinski definition) is 1. The number of hydrogen-bond acceptors (Lipinski definition) is 5. The molecule has 1 aliphatic heterocycles. The van der Waals surface area contributed by atoms with Gasteiger partial charge < -0.3 is 4.74 Å². The number of carbonyl (C=O) groups is 3. The highest BCUT2D eigenvalue weighted by Crippen LogP contribution is 2.33. The van der Waals surface area contributed by atoms with E-state index in [1.807, 2.05) is 0 Å². The summed E-state index contributed by atoms with van der Waals surface area (Å²) < 4.78 is 5.31. The van der Waals surface area contributed by atoms with Crippen LogP contribution in [0.5, 0.6) is 5.75 Å². The summed E-state index contributed by atoms with van der Waals surface area (Å²) in [4.78, 5) is 35.1. The maximum Gasteiger partial charge on any atom is 0.343 e. The van der Waals surface area contributed by atoms with E-state index < -0.39 is 17.1 Å². The normalized spacial score (nSPS) is 15.5. The third kappa shape index (κ3) is 3.50. The molecule has 2 aromatic carbocycles. The Morgan fingerprint density at radius 2 is 1.83 bits per heavy atom. The van der Waals surface area contributed by atoms with E-state index in [4.69, 9.17) is 16.3 Å². The molecule has 24 heavy (non-hydrogen) atoms. The summed E-state index contributed by atoms with van der Waals surface area (Å²) in [6.07, 6.45) is 1.48. The summed E-state index contributed by atoms with van der Waals surface area (Å²) in [5.41, 5.74) is 0.871. The second-order valence-electron chi connectivity index (χ2n) is 4.77. The minimum Gasteiger partial charge on any atom is -0.421 e. The lowest BCUT2D eigenvalue weighted by Gasteiger charge is -2.08. The largest absolute Gasteiger partial charge is 0.421 e. The molecule has 0 aromatic heterocycles. The van der Waals surface area contributed by atoms with Crippen molar-refractivity contribution in [2.75, 3.05) is 0 Å². The molecule has 1 heterocycles. The molecular formula is C17H10ClNO4S. The summed E-state index contributed by atoms with van der Waals surface area (Å²) >= 11 is 7.04. The molecule has 1 N–H and O–H groups in total. The van der Waals surface area contributed by atoms with Crippen molar-refractivity contribution in [2.24, 2.45) is 0 Å². The predicted molar refractivity (Wildman–Crippen MR) is 92.0 cm³/mol. The number of amides is 2. The minimum absolute atomic E-state index is 0.176. The quantitative estimate of drug-likeness (QED) is 0.511. The van der Waals surface area contributed by atoms with E-state index in [-0.39, 0.29) is 15.7 Å². The zero-order chi connectivity index (χ0) is 17.1. The van der Waals surface area contributed by atoms with Gasteiger partial charge in [-0.05, 0) is 41.6 Å². The first-order valence-corrected chi connectivity index (χ1v) is 8.04. The van der Waals surface area contributed by atoms with Crippen molar-refractivity contribution in [2.45, 2.75) is 0 Å². The second kappa shape index (κ2) is 6.90. The maximum atomic E-state index is 12.1. The average molecular weight is 360 g/mol. The fourth-order valence-electron chi connectivity index (χ4n) is 2.01. The molecule has 1 fully saturated rings. The average Bonchev–Trinajstić information content (AvgIpc) is 2.89. The molecule has 0 unspecified atom stereocenters. The fraction of sp³-hybridized carbons (Fsp3) is 0. The first-order chi connectivity index (χ1) is 11.5. The van der Waals surface area contributed by atoms with Gasteiger partial charge in [-0.15, -0.1) is 0 Å². The van der Waals surface area contributed by atoms with Crippen molar-refractivity contribution in [1.82, 2.24) is 5.32 Å². The standard InChI is InChI=1S/C17H10ClNO4S/c18-14-11(9-13-15(20)19-17(22)24-13)7-4-8-12(14)23-16(21)10-5-2-1-3-6-10/h1-9H,(H,19,20,22)/b13-9-. The van der Waals surface area contributed by atoms with Crippen molar-refractivity contribution in [3.8, 4) is 5.75 Å². The molecule has 120 valence electrons. The summed E-state index contributed by atoms with van der Waals surface area (Å²) in [5.74, 6) is -0.840. The topological polar surface area (TPSA) is 72.5 Å². The van der Waals surface area contributed by atoms with Crippen LogP contribution in [0.3, 0.4) is 0 Å². The Balaban J connectivity index is 1.86. The van der Waals surface area contributed by atoms with Crippen LogP contribution in [0.1, 0.15) is 15.9 Å². The van der Waals surface area contributed by atoms with E-state index in [0.29, 0.717) is 11.1 Å². The lowest BCUT2D eigenvalue weighted by molar-refractivity contribution is -0.115. The van der Waals surface area contributed by atoms with Gasteiger partial charge in [0.05, 0.1) is 15.5 Å². The molecule has 2 amide bonds. The number of esters is 1. The predicted octanol–water partition coefficient (Wildman–Crippen LogP) is 3.88. The lowest BCUT2D eigenvalue weighted by Crippen LogP contribution is -2.17. The van der Waals surface area contributed by atoms with Crippen LogP contribution < -0.4 is 10.1 Å². The Kier molecular flexibility index (Phi) is 4.69. The Hall–Kier alpha value is -2.57. The number of benzene rings is 2. The highest BCUT2D eigenvalue weighted by Gasteiger charge is 2.25. The summed E-state index contributed by atoms with van der Waals surface area (Å²) in [7, 11) is 0. The van der Waals surface area contributed by atoms with Gasteiger partial charge in [-0.1, -0.05) is 41.9 Å². The monoisotopic (exact) mass is 359 g/mol. The smallest absolute Gasteiger partial charge is 0.343 e. The van der Waals surface area contributed by atoms with Gasteiger partial charge in [0.1, 0.15) is 5.75 Å². The fourth-order valence-corrected chi connectivity index (χ4v) is 2.91. The van der Waals surface area contributed by atoms with Gasteiger partial charge in [-0.25, -0.2) is 4.79 Å². The van der Waals surface area contributed by atoms with E-state index in [1.165, 1.54) is 6.08 Å². The number of ether oxygens (including phenoxy) is 1. The number of nitrogens with one attached hydrogen (secondary N) is 1. The molecule has 0 saturated carbocycles. The molecule has 2 aromatic rings. The van der Waals surface area contributed by atoms with Crippen LogP contribution >= 0.6 is 23.4 Å². The summed E-state index contributed by atoms with van der Waals surface area (Å²) in [6.45, 7) is 0. The van der Waals surface area contributed by atoms with Gasteiger partial charge >= 0.3 is 5.97 Å². The lowest BCUT2D eigenvalue weighted by atomic mass is 10.2. The zero-order valence-electron chi connectivity index (χ0n) is 12.1. The van der Waals surface area contributed by atoms with Crippen molar-refractivity contribution < 1.29 is 19.1 Å². The Morgan fingerprint density at radius 1 is 1.08 bits per heavy atom. The number of imide groups is 1. The van der Waals surface area contributed by atoms with E-state index in [0.717, 1.165) is 11.8 Å². The summed E-state index contributed by atoms with van der Waals surface area (Å²) in [6, 6.07) is 13.4. The van der Waals surface area contributed by atoms with Gasteiger partial charge in [-0.3, -0.25) is 14.9 Å². The van der Waals surface area contributed by atoms with Crippen molar-refractivity contribution in [3.05, 3.63) is 69.6 Å². The van der Waals surface area contributed by atoms with Crippen LogP contribution in [0.4, 0.5) is 4.79 Å². The second-order valence-corrected chi connectivity index (χ2v) is 6.16. The molecule has 3 rings (SSSR count). The zero-order valence-corrected chi connectivity index (χ0v) is 13.7. The van der Waals surface area contributed by atoms with E-state index in [1.54, 1.807) is 48.5 Å². The minimum atomic E-state index is -0.537. The van der Waals surface area contributed by atoms with Gasteiger partial charge in [-0.2, -0.15) is 0 Å². The number of halogens is 1. The van der Waals surface area contributed by atoms with Crippen LogP contribution in [-0.2, 0) is 4.79 Å². The van der Waals surface area contributed by atoms with Crippen molar-refractivity contribution in [1.29, 1.82) is 0 Å². The molecule has 5 nitrogen and oxygen atoms in total. The van der Waals surface area contributed by atoms with E-state index >= 15 is 0 Å². The molecule has 0 radical (unpaired) electrons. The molecule has 0 bridgehead atoms. The Morgan fingerprint density at radius 3 is 2.50 bits per heavy atom. The third-order valence-electron chi connectivity index (χ3n) is 3.13. The first-order valence-electron chi connectivity index (χ1n) is 6.85. The van der Waals surface area contributed by atoms with Gasteiger partial charge in [0.25, 0.3) is 11.1 Å².